The molecule has 1 fully saturated rings. The van der Waals surface area contributed by atoms with Gasteiger partial charge in [-0.1, -0.05) is 19.3 Å². The Kier molecular flexibility index (Phi) is 3.92. The molecule has 0 bridgehead atoms. The van der Waals surface area contributed by atoms with Crippen molar-refractivity contribution in [3.63, 3.8) is 0 Å². The van der Waals surface area contributed by atoms with Crippen molar-refractivity contribution in [2.24, 2.45) is 5.41 Å². The second-order valence-electron chi connectivity index (χ2n) is 5.91. The molecule has 1 aromatic rings. The lowest BCUT2D eigenvalue weighted by Crippen LogP contribution is -2.33. The van der Waals surface area contributed by atoms with Crippen LogP contribution in [0.4, 0.5) is 5.69 Å². The summed E-state index contributed by atoms with van der Waals surface area (Å²) in [5, 5.41) is 3.58. The van der Waals surface area contributed by atoms with Gasteiger partial charge in [-0.3, -0.25) is 0 Å². The maximum Gasteiger partial charge on any atom is 0.337 e. The summed E-state index contributed by atoms with van der Waals surface area (Å²) >= 11 is 1.93. The number of anilines is 1. The lowest BCUT2D eigenvalue weighted by Gasteiger charge is -2.35. The zero-order valence-corrected chi connectivity index (χ0v) is 12.7. The van der Waals surface area contributed by atoms with Crippen LogP contribution in [0.1, 0.15) is 42.5 Å². The third-order valence-electron chi connectivity index (χ3n) is 4.50. The number of fused-ring (bicyclic) bond motifs is 1. The number of methoxy groups -OCH3 is 1. The Balaban J connectivity index is 1.81. The van der Waals surface area contributed by atoms with Gasteiger partial charge in [0.1, 0.15) is 0 Å². The molecule has 1 aliphatic carbocycles. The number of carbonyl (C=O) groups excluding carboxylic acids is 1. The molecule has 1 saturated carbocycles. The normalized spacial score (nSPS) is 20.6. The molecule has 0 saturated heterocycles. The van der Waals surface area contributed by atoms with Crippen LogP contribution in [-0.4, -0.2) is 25.4 Å². The van der Waals surface area contributed by atoms with Crippen molar-refractivity contribution in [1.29, 1.82) is 0 Å². The number of esters is 1. The predicted molar refractivity (Wildman–Crippen MR) is 82.5 cm³/mol. The highest BCUT2D eigenvalue weighted by molar-refractivity contribution is 7.99. The van der Waals surface area contributed by atoms with Gasteiger partial charge < -0.3 is 10.1 Å². The van der Waals surface area contributed by atoms with Crippen molar-refractivity contribution < 1.29 is 9.53 Å². The van der Waals surface area contributed by atoms with Crippen LogP contribution >= 0.6 is 11.8 Å². The van der Waals surface area contributed by atoms with Gasteiger partial charge in [-0.15, -0.1) is 11.8 Å². The van der Waals surface area contributed by atoms with Crippen LogP contribution < -0.4 is 5.32 Å². The topological polar surface area (TPSA) is 38.3 Å². The summed E-state index contributed by atoms with van der Waals surface area (Å²) in [5.74, 6) is 0.918. The summed E-state index contributed by atoms with van der Waals surface area (Å²) in [6, 6.07) is 5.83. The minimum Gasteiger partial charge on any atom is -0.465 e. The third kappa shape index (κ3) is 2.66. The van der Waals surface area contributed by atoms with Gasteiger partial charge >= 0.3 is 5.97 Å². The molecule has 3 nitrogen and oxygen atoms in total. The first kappa shape index (κ1) is 13.8. The Hall–Kier alpha value is -1.16. The van der Waals surface area contributed by atoms with Crippen molar-refractivity contribution in [3.8, 4) is 0 Å². The van der Waals surface area contributed by atoms with E-state index in [0.29, 0.717) is 11.0 Å². The summed E-state index contributed by atoms with van der Waals surface area (Å²) in [6.07, 6.45) is 6.74. The second-order valence-corrected chi connectivity index (χ2v) is 6.92. The number of thioether (sulfide) groups is 1. The van der Waals surface area contributed by atoms with E-state index in [9.17, 15) is 4.79 Å². The minimum absolute atomic E-state index is 0.267. The maximum absolute atomic E-state index is 11.6. The van der Waals surface area contributed by atoms with E-state index in [4.69, 9.17) is 4.74 Å². The molecule has 1 aliphatic heterocycles. The average molecular weight is 291 g/mol. The van der Waals surface area contributed by atoms with Crippen molar-refractivity contribution >= 4 is 23.4 Å². The van der Waals surface area contributed by atoms with E-state index >= 15 is 0 Å². The lowest BCUT2D eigenvalue weighted by atomic mass is 9.75. The van der Waals surface area contributed by atoms with E-state index in [2.05, 4.69) is 5.32 Å². The first-order chi connectivity index (χ1) is 9.72. The van der Waals surface area contributed by atoms with E-state index in [1.807, 2.05) is 30.0 Å². The minimum atomic E-state index is -0.267. The van der Waals surface area contributed by atoms with Crippen molar-refractivity contribution in [2.45, 2.75) is 37.0 Å². The monoisotopic (exact) mass is 291 g/mol. The molecular formula is C16H21NO2S. The zero-order chi connectivity index (χ0) is 14.0. The molecule has 108 valence electrons. The average Bonchev–Trinajstić information content (AvgIpc) is 2.67. The summed E-state index contributed by atoms with van der Waals surface area (Å²) in [4.78, 5) is 12.9. The van der Waals surface area contributed by atoms with Gasteiger partial charge in [-0.2, -0.15) is 0 Å². The summed E-state index contributed by atoms with van der Waals surface area (Å²) in [5.41, 5.74) is 2.15. The SMILES string of the molecule is COC(=O)c1ccc2c(c1)NCC1(CCCCC1)CS2. The molecule has 20 heavy (non-hydrogen) atoms. The highest BCUT2D eigenvalue weighted by Crippen LogP contribution is 2.44. The van der Waals surface area contributed by atoms with Crippen LogP contribution in [0.3, 0.4) is 0 Å². The largest absolute Gasteiger partial charge is 0.465 e. The van der Waals surface area contributed by atoms with Gasteiger partial charge in [-0.25, -0.2) is 4.79 Å². The highest BCUT2D eigenvalue weighted by Gasteiger charge is 2.34. The Morgan fingerprint density at radius 3 is 2.85 bits per heavy atom. The van der Waals surface area contributed by atoms with Crippen molar-refractivity contribution in [3.05, 3.63) is 23.8 Å². The first-order valence-corrected chi connectivity index (χ1v) is 8.30. The molecule has 1 heterocycles. The molecule has 3 rings (SSSR count). The molecule has 0 amide bonds. The van der Waals surface area contributed by atoms with Crippen LogP contribution in [0.2, 0.25) is 0 Å². The molecular weight excluding hydrogens is 270 g/mol. The number of carbonyl (C=O) groups is 1. The summed E-state index contributed by atoms with van der Waals surface area (Å²) < 4.78 is 4.79. The van der Waals surface area contributed by atoms with Crippen LogP contribution in [0.5, 0.6) is 0 Å². The van der Waals surface area contributed by atoms with Gasteiger partial charge in [0.05, 0.1) is 12.7 Å². The van der Waals surface area contributed by atoms with E-state index in [1.165, 1.54) is 49.9 Å². The Morgan fingerprint density at radius 2 is 2.10 bits per heavy atom. The number of nitrogens with one attached hydrogen (secondary N) is 1. The smallest absolute Gasteiger partial charge is 0.337 e. The Bertz CT molecular complexity index is 509. The molecule has 1 aromatic carbocycles. The quantitative estimate of drug-likeness (QED) is 0.795. The fourth-order valence-electron chi connectivity index (χ4n) is 3.23. The number of ether oxygens (including phenoxy) is 1. The van der Waals surface area contributed by atoms with Gasteiger partial charge in [0.15, 0.2) is 0 Å². The molecule has 2 aliphatic rings. The fraction of sp³-hybridized carbons (Fsp3) is 0.562. The van der Waals surface area contributed by atoms with Gasteiger partial charge in [0, 0.05) is 22.9 Å². The predicted octanol–water partition coefficient (Wildman–Crippen LogP) is 3.94. The number of hydrogen-bond donors (Lipinski definition) is 1. The maximum atomic E-state index is 11.6. The van der Waals surface area contributed by atoms with Gasteiger partial charge in [-0.05, 0) is 36.5 Å². The Morgan fingerprint density at radius 1 is 1.30 bits per heavy atom. The molecule has 1 spiro atoms. The molecule has 1 N–H and O–H groups in total. The fourth-order valence-corrected chi connectivity index (χ4v) is 4.53. The van der Waals surface area contributed by atoms with E-state index in [0.717, 1.165) is 12.2 Å². The zero-order valence-electron chi connectivity index (χ0n) is 11.9. The molecule has 0 unspecified atom stereocenters. The summed E-state index contributed by atoms with van der Waals surface area (Å²) in [6.45, 7) is 1.03. The molecule has 0 atom stereocenters. The third-order valence-corrected chi connectivity index (χ3v) is 5.93. The van der Waals surface area contributed by atoms with Crippen LogP contribution in [0.15, 0.2) is 23.1 Å². The van der Waals surface area contributed by atoms with Crippen LogP contribution in [0, 0.1) is 5.41 Å². The highest BCUT2D eigenvalue weighted by atomic mass is 32.2. The number of benzene rings is 1. The number of rotatable bonds is 1. The first-order valence-electron chi connectivity index (χ1n) is 7.32. The lowest BCUT2D eigenvalue weighted by molar-refractivity contribution is 0.0600. The summed E-state index contributed by atoms with van der Waals surface area (Å²) in [7, 11) is 1.42. The Labute approximate surface area is 124 Å². The van der Waals surface area contributed by atoms with Crippen LogP contribution in [-0.2, 0) is 4.74 Å². The molecule has 0 radical (unpaired) electrons. The van der Waals surface area contributed by atoms with E-state index < -0.39 is 0 Å². The molecule has 4 heteroatoms. The van der Waals surface area contributed by atoms with E-state index in [-0.39, 0.29) is 5.97 Å². The van der Waals surface area contributed by atoms with Crippen LogP contribution in [0.25, 0.3) is 0 Å². The van der Waals surface area contributed by atoms with Gasteiger partial charge in [0.2, 0.25) is 0 Å². The van der Waals surface area contributed by atoms with Crippen molar-refractivity contribution in [1.82, 2.24) is 0 Å². The van der Waals surface area contributed by atoms with E-state index in [1.54, 1.807) is 0 Å². The van der Waals surface area contributed by atoms with Gasteiger partial charge in [0.25, 0.3) is 0 Å². The second kappa shape index (κ2) is 5.68. The van der Waals surface area contributed by atoms with Crippen molar-refractivity contribution in [2.75, 3.05) is 24.7 Å². The molecule has 0 aromatic heterocycles. The standard InChI is InChI=1S/C16H21NO2S/c1-19-15(18)12-5-6-14-13(9-12)17-10-16(11-20-14)7-3-2-4-8-16/h5-6,9,17H,2-4,7-8,10-11H2,1H3. The number of hydrogen-bond acceptors (Lipinski definition) is 4.